The summed E-state index contributed by atoms with van der Waals surface area (Å²) in [6, 6.07) is 14.2. The SMILES string of the molecule is CCOc1cccc(CNCc2cn3ccccc3n2)c1. The van der Waals surface area contributed by atoms with Crippen molar-refractivity contribution in [2.45, 2.75) is 20.0 Å². The molecule has 0 amide bonds. The van der Waals surface area contributed by atoms with Crippen LogP contribution >= 0.6 is 0 Å². The largest absolute Gasteiger partial charge is 0.494 e. The maximum Gasteiger partial charge on any atom is 0.137 e. The zero-order valence-corrected chi connectivity index (χ0v) is 12.1. The quantitative estimate of drug-likeness (QED) is 0.755. The predicted octanol–water partition coefficient (Wildman–Crippen LogP) is 3.02. The highest BCUT2D eigenvalue weighted by Gasteiger charge is 2.01. The third kappa shape index (κ3) is 3.41. The van der Waals surface area contributed by atoms with E-state index in [4.69, 9.17) is 4.74 Å². The molecule has 0 unspecified atom stereocenters. The van der Waals surface area contributed by atoms with Crippen LogP contribution in [0.2, 0.25) is 0 Å². The standard InChI is InChI=1S/C17H19N3O/c1-2-21-16-7-5-6-14(10-16)11-18-12-15-13-20-9-4-3-8-17(20)19-15/h3-10,13,18H,2,11-12H2,1H3. The molecule has 0 saturated carbocycles. The van der Waals surface area contributed by atoms with Crippen molar-refractivity contribution in [1.82, 2.24) is 14.7 Å². The van der Waals surface area contributed by atoms with Gasteiger partial charge >= 0.3 is 0 Å². The van der Waals surface area contributed by atoms with E-state index in [-0.39, 0.29) is 0 Å². The first kappa shape index (κ1) is 13.6. The number of nitrogens with one attached hydrogen (secondary N) is 1. The number of hydrogen-bond acceptors (Lipinski definition) is 3. The van der Waals surface area contributed by atoms with Crippen LogP contribution in [0.15, 0.2) is 54.9 Å². The second kappa shape index (κ2) is 6.41. The van der Waals surface area contributed by atoms with Gasteiger partial charge in [0, 0.05) is 25.5 Å². The number of fused-ring (bicyclic) bond motifs is 1. The summed E-state index contributed by atoms with van der Waals surface area (Å²) >= 11 is 0. The molecule has 0 spiro atoms. The number of ether oxygens (including phenoxy) is 1. The summed E-state index contributed by atoms with van der Waals surface area (Å²) in [5, 5.41) is 3.42. The van der Waals surface area contributed by atoms with Gasteiger partial charge in [0.25, 0.3) is 0 Å². The molecule has 0 radical (unpaired) electrons. The topological polar surface area (TPSA) is 38.6 Å². The molecule has 0 saturated heterocycles. The van der Waals surface area contributed by atoms with E-state index >= 15 is 0 Å². The summed E-state index contributed by atoms with van der Waals surface area (Å²) in [7, 11) is 0. The molecule has 0 fully saturated rings. The minimum atomic E-state index is 0.693. The fourth-order valence-electron chi connectivity index (χ4n) is 2.32. The second-order valence-electron chi connectivity index (χ2n) is 4.88. The molecule has 4 nitrogen and oxygen atoms in total. The van der Waals surface area contributed by atoms with Gasteiger partial charge in [-0.3, -0.25) is 0 Å². The van der Waals surface area contributed by atoms with E-state index < -0.39 is 0 Å². The number of benzene rings is 1. The summed E-state index contributed by atoms with van der Waals surface area (Å²) in [6.45, 7) is 4.24. The van der Waals surface area contributed by atoms with Crippen molar-refractivity contribution in [2.24, 2.45) is 0 Å². The molecule has 1 aromatic carbocycles. The zero-order chi connectivity index (χ0) is 14.5. The monoisotopic (exact) mass is 281 g/mol. The number of nitrogens with zero attached hydrogens (tertiary/aromatic N) is 2. The highest BCUT2D eigenvalue weighted by atomic mass is 16.5. The Labute approximate surface area is 124 Å². The molecule has 108 valence electrons. The van der Waals surface area contributed by atoms with E-state index in [1.165, 1.54) is 5.56 Å². The van der Waals surface area contributed by atoms with Crippen LogP contribution in [0.3, 0.4) is 0 Å². The zero-order valence-electron chi connectivity index (χ0n) is 12.1. The van der Waals surface area contributed by atoms with Gasteiger partial charge in [-0.05, 0) is 36.8 Å². The van der Waals surface area contributed by atoms with Crippen LogP contribution in [0.5, 0.6) is 5.75 Å². The predicted molar refractivity (Wildman–Crippen MR) is 83.3 cm³/mol. The first-order valence-electron chi connectivity index (χ1n) is 7.20. The van der Waals surface area contributed by atoms with Crippen molar-refractivity contribution in [3.63, 3.8) is 0 Å². The third-order valence-corrected chi connectivity index (χ3v) is 3.26. The number of aromatic nitrogens is 2. The molecule has 0 bridgehead atoms. The molecule has 3 rings (SSSR count). The van der Waals surface area contributed by atoms with Crippen molar-refractivity contribution < 1.29 is 4.74 Å². The summed E-state index contributed by atoms with van der Waals surface area (Å²) in [4.78, 5) is 4.57. The fourth-order valence-corrected chi connectivity index (χ4v) is 2.32. The lowest BCUT2D eigenvalue weighted by molar-refractivity contribution is 0.340. The van der Waals surface area contributed by atoms with Crippen LogP contribution in [0.1, 0.15) is 18.2 Å². The lowest BCUT2D eigenvalue weighted by Gasteiger charge is -2.06. The van der Waals surface area contributed by atoms with Crippen molar-refractivity contribution in [1.29, 1.82) is 0 Å². The second-order valence-corrected chi connectivity index (χ2v) is 4.88. The van der Waals surface area contributed by atoms with Crippen LogP contribution in [-0.4, -0.2) is 16.0 Å². The molecule has 0 aliphatic carbocycles. The van der Waals surface area contributed by atoms with Crippen LogP contribution in [0.4, 0.5) is 0 Å². The van der Waals surface area contributed by atoms with Crippen molar-refractivity contribution in [3.05, 3.63) is 66.1 Å². The molecular formula is C17H19N3O. The van der Waals surface area contributed by atoms with Gasteiger partial charge in [-0.2, -0.15) is 0 Å². The summed E-state index contributed by atoms with van der Waals surface area (Å²) in [6.07, 6.45) is 4.07. The molecule has 0 aliphatic heterocycles. The average Bonchev–Trinajstić information content (AvgIpc) is 2.91. The molecule has 21 heavy (non-hydrogen) atoms. The van der Waals surface area contributed by atoms with Gasteiger partial charge in [-0.25, -0.2) is 4.98 Å². The molecule has 2 heterocycles. The van der Waals surface area contributed by atoms with Gasteiger partial charge in [0.15, 0.2) is 0 Å². The normalized spacial score (nSPS) is 10.9. The molecule has 1 N–H and O–H groups in total. The Bertz CT molecular complexity index is 688. The van der Waals surface area contributed by atoms with Gasteiger partial charge < -0.3 is 14.5 Å². The van der Waals surface area contributed by atoms with Crippen LogP contribution in [0, 0.1) is 0 Å². The van der Waals surface area contributed by atoms with E-state index in [1.54, 1.807) is 0 Å². The smallest absolute Gasteiger partial charge is 0.137 e. The molecule has 0 aliphatic rings. The van der Waals surface area contributed by atoms with Crippen molar-refractivity contribution in [2.75, 3.05) is 6.61 Å². The molecule has 2 aromatic heterocycles. The number of pyridine rings is 1. The average molecular weight is 281 g/mol. The Hall–Kier alpha value is -2.33. The van der Waals surface area contributed by atoms with E-state index in [0.29, 0.717) is 6.61 Å². The minimum Gasteiger partial charge on any atom is -0.494 e. The summed E-state index contributed by atoms with van der Waals surface area (Å²) in [5.74, 6) is 0.921. The first-order chi connectivity index (χ1) is 10.3. The van der Waals surface area contributed by atoms with Gasteiger partial charge in [0.1, 0.15) is 11.4 Å². The fraction of sp³-hybridized carbons (Fsp3) is 0.235. The maximum absolute atomic E-state index is 5.51. The Morgan fingerprint density at radius 1 is 1.14 bits per heavy atom. The Morgan fingerprint density at radius 2 is 2.10 bits per heavy atom. The molecule has 3 aromatic rings. The summed E-state index contributed by atoms with van der Waals surface area (Å²) < 4.78 is 7.54. The highest BCUT2D eigenvalue weighted by Crippen LogP contribution is 2.13. The van der Waals surface area contributed by atoms with E-state index in [2.05, 4.69) is 28.6 Å². The van der Waals surface area contributed by atoms with Crippen LogP contribution in [-0.2, 0) is 13.1 Å². The van der Waals surface area contributed by atoms with Crippen LogP contribution < -0.4 is 10.1 Å². The van der Waals surface area contributed by atoms with E-state index in [1.807, 2.05) is 47.9 Å². The van der Waals surface area contributed by atoms with Crippen molar-refractivity contribution >= 4 is 5.65 Å². The molecule has 0 atom stereocenters. The van der Waals surface area contributed by atoms with E-state index in [0.717, 1.165) is 30.2 Å². The number of hydrogen-bond donors (Lipinski definition) is 1. The van der Waals surface area contributed by atoms with Gasteiger partial charge in [-0.15, -0.1) is 0 Å². The Morgan fingerprint density at radius 3 is 2.95 bits per heavy atom. The Balaban J connectivity index is 1.59. The lowest BCUT2D eigenvalue weighted by atomic mass is 10.2. The third-order valence-electron chi connectivity index (χ3n) is 3.26. The maximum atomic E-state index is 5.51. The molecular weight excluding hydrogens is 262 g/mol. The minimum absolute atomic E-state index is 0.693. The number of rotatable bonds is 6. The van der Waals surface area contributed by atoms with Crippen molar-refractivity contribution in [3.8, 4) is 5.75 Å². The van der Waals surface area contributed by atoms with Gasteiger partial charge in [0.2, 0.25) is 0 Å². The molecule has 4 heteroatoms. The van der Waals surface area contributed by atoms with E-state index in [9.17, 15) is 0 Å². The highest BCUT2D eigenvalue weighted by molar-refractivity contribution is 5.39. The lowest BCUT2D eigenvalue weighted by Crippen LogP contribution is -2.12. The van der Waals surface area contributed by atoms with Crippen LogP contribution in [0.25, 0.3) is 5.65 Å². The Kier molecular flexibility index (Phi) is 4.17. The first-order valence-corrected chi connectivity index (χ1v) is 7.20. The van der Waals surface area contributed by atoms with Gasteiger partial charge in [-0.1, -0.05) is 18.2 Å². The van der Waals surface area contributed by atoms with Gasteiger partial charge in [0.05, 0.1) is 12.3 Å². The number of imidazole rings is 1. The summed E-state index contributed by atoms with van der Waals surface area (Å²) in [5.41, 5.74) is 3.24.